The number of rotatable bonds is 6. The molecule has 8 nitrogen and oxygen atoms in total. The van der Waals surface area contributed by atoms with Gasteiger partial charge < -0.3 is 14.5 Å². The number of anilines is 2. The first kappa shape index (κ1) is 20.3. The van der Waals surface area contributed by atoms with E-state index >= 15 is 0 Å². The Labute approximate surface area is 181 Å². The minimum Gasteiger partial charge on any atom is -0.497 e. The number of ether oxygens (including phenoxy) is 1. The van der Waals surface area contributed by atoms with Crippen LogP contribution in [-0.4, -0.2) is 29.1 Å². The summed E-state index contributed by atoms with van der Waals surface area (Å²) < 4.78 is 10.7. The molecule has 2 aromatic carbocycles. The highest BCUT2D eigenvalue weighted by atomic mass is 32.1. The molecule has 156 valence electrons. The van der Waals surface area contributed by atoms with Gasteiger partial charge in [-0.25, -0.2) is 0 Å². The molecular formula is C22H18N4O4S. The first-order valence-electron chi connectivity index (χ1n) is 9.29. The Bertz CT molecular complexity index is 1230. The van der Waals surface area contributed by atoms with E-state index < -0.39 is 5.91 Å². The minimum absolute atomic E-state index is 0.0502. The van der Waals surface area contributed by atoms with Gasteiger partial charge in [-0.15, -0.1) is 16.4 Å². The molecule has 0 bridgehead atoms. The molecule has 0 aliphatic rings. The maximum Gasteiger partial charge on any atom is 0.322 e. The number of hydrogen-bond acceptors (Lipinski definition) is 7. The number of amides is 2. The van der Waals surface area contributed by atoms with E-state index in [0.717, 1.165) is 4.88 Å². The molecule has 31 heavy (non-hydrogen) atoms. The lowest BCUT2D eigenvalue weighted by Gasteiger charge is -2.09. The molecule has 4 aromatic rings. The Kier molecular flexibility index (Phi) is 5.76. The van der Waals surface area contributed by atoms with Crippen molar-refractivity contribution in [2.75, 3.05) is 17.7 Å². The van der Waals surface area contributed by atoms with Gasteiger partial charge in [-0.05, 0) is 55.5 Å². The number of thiophene rings is 1. The van der Waals surface area contributed by atoms with Crippen LogP contribution in [0.5, 0.6) is 5.75 Å². The smallest absolute Gasteiger partial charge is 0.322 e. The van der Waals surface area contributed by atoms with E-state index in [0.29, 0.717) is 21.9 Å². The maximum atomic E-state index is 12.8. The van der Waals surface area contributed by atoms with E-state index in [1.807, 2.05) is 13.0 Å². The molecule has 0 spiro atoms. The summed E-state index contributed by atoms with van der Waals surface area (Å²) in [6.07, 6.45) is 0. The lowest BCUT2D eigenvalue weighted by molar-refractivity contribution is 0.102. The number of nitrogens with zero attached hydrogens (tertiary/aromatic N) is 2. The predicted octanol–water partition coefficient (Wildman–Crippen LogP) is 4.62. The molecule has 0 saturated carbocycles. The summed E-state index contributed by atoms with van der Waals surface area (Å²) in [5.74, 6) is 0.196. The second kappa shape index (κ2) is 8.80. The highest BCUT2D eigenvalue weighted by molar-refractivity contribution is 7.14. The molecular weight excluding hydrogens is 416 g/mol. The monoisotopic (exact) mass is 434 g/mol. The molecule has 2 heterocycles. The van der Waals surface area contributed by atoms with Crippen molar-refractivity contribution in [2.45, 2.75) is 6.92 Å². The number of benzene rings is 2. The third-order valence-corrected chi connectivity index (χ3v) is 5.37. The first-order valence-corrected chi connectivity index (χ1v) is 10.1. The van der Waals surface area contributed by atoms with Gasteiger partial charge in [0, 0.05) is 10.4 Å². The molecule has 0 aliphatic carbocycles. The Hall–Kier alpha value is -3.98. The zero-order valence-corrected chi connectivity index (χ0v) is 17.5. The molecule has 2 amide bonds. The summed E-state index contributed by atoms with van der Waals surface area (Å²) in [5.41, 5.74) is 1.34. The number of carbonyl (C=O) groups excluding carboxylic acids is 2. The van der Waals surface area contributed by atoms with Gasteiger partial charge in [-0.2, -0.15) is 0 Å². The molecule has 2 aromatic heterocycles. The van der Waals surface area contributed by atoms with Crippen molar-refractivity contribution in [1.29, 1.82) is 0 Å². The van der Waals surface area contributed by atoms with Crippen LogP contribution in [0, 0.1) is 6.92 Å². The quantitative estimate of drug-likeness (QED) is 0.459. The van der Waals surface area contributed by atoms with Gasteiger partial charge in [-0.1, -0.05) is 17.2 Å². The summed E-state index contributed by atoms with van der Waals surface area (Å²) in [4.78, 5) is 26.9. The SMILES string of the molecule is COc1ccc(-c2nnc(NC(=O)c3ccccc3NC(=O)c3ccc(C)s3)o2)cc1. The third-order valence-electron chi connectivity index (χ3n) is 4.37. The molecule has 0 atom stereocenters. The zero-order chi connectivity index (χ0) is 21.8. The highest BCUT2D eigenvalue weighted by Gasteiger charge is 2.18. The van der Waals surface area contributed by atoms with E-state index in [4.69, 9.17) is 9.15 Å². The van der Waals surface area contributed by atoms with Gasteiger partial charge in [0.05, 0.1) is 23.2 Å². The summed E-state index contributed by atoms with van der Waals surface area (Å²) in [6, 6.07) is 17.4. The van der Waals surface area contributed by atoms with Crippen molar-refractivity contribution in [1.82, 2.24) is 10.2 Å². The summed E-state index contributed by atoms with van der Waals surface area (Å²) in [7, 11) is 1.58. The number of hydrogen-bond donors (Lipinski definition) is 2. The Morgan fingerprint density at radius 2 is 1.71 bits per heavy atom. The fourth-order valence-electron chi connectivity index (χ4n) is 2.82. The van der Waals surface area contributed by atoms with Crippen molar-refractivity contribution in [3.05, 3.63) is 76.0 Å². The van der Waals surface area contributed by atoms with Crippen LogP contribution in [0.2, 0.25) is 0 Å². The fourth-order valence-corrected chi connectivity index (χ4v) is 3.58. The van der Waals surface area contributed by atoms with Gasteiger partial charge in [0.25, 0.3) is 11.8 Å². The molecule has 0 aliphatic heterocycles. The number of aryl methyl sites for hydroxylation is 1. The van der Waals surface area contributed by atoms with Crippen molar-refractivity contribution in [3.8, 4) is 17.2 Å². The fraction of sp³-hybridized carbons (Fsp3) is 0.0909. The Morgan fingerprint density at radius 1 is 0.935 bits per heavy atom. The van der Waals surface area contributed by atoms with Crippen LogP contribution >= 0.6 is 11.3 Å². The zero-order valence-electron chi connectivity index (χ0n) is 16.7. The minimum atomic E-state index is -0.483. The molecule has 9 heteroatoms. The summed E-state index contributed by atoms with van der Waals surface area (Å²) in [6.45, 7) is 1.92. The van der Waals surface area contributed by atoms with E-state index in [-0.39, 0.29) is 23.4 Å². The van der Waals surface area contributed by atoms with Crippen LogP contribution < -0.4 is 15.4 Å². The summed E-state index contributed by atoms with van der Waals surface area (Å²) >= 11 is 1.38. The first-order chi connectivity index (χ1) is 15.0. The van der Waals surface area contributed by atoms with E-state index in [9.17, 15) is 9.59 Å². The van der Waals surface area contributed by atoms with Gasteiger partial charge in [-0.3, -0.25) is 14.9 Å². The van der Waals surface area contributed by atoms with Crippen LogP contribution in [0.3, 0.4) is 0 Å². The molecule has 0 fully saturated rings. The average molecular weight is 434 g/mol. The molecule has 0 saturated heterocycles. The van der Waals surface area contributed by atoms with E-state index in [1.54, 1.807) is 61.7 Å². The second-order valence-corrected chi connectivity index (χ2v) is 7.79. The van der Waals surface area contributed by atoms with Crippen molar-refractivity contribution in [2.24, 2.45) is 0 Å². The number of carbonyl (C=O) groups is 2. The van der Waals surface area contributed by atoms with Crippen molar-refractivity contribution in [3.63, 3.8) is 0 Å². The second-order valence-electron chi connectivity index (χ2n) is 6.50. The molecule has 2 N–H and O–H groups in total. The van der Waals surface area contributed by atoms with E-state index in [1.165, 1.54) is 11.3 Å². The van der Waals surface area contributed by atoms with Crippen LogP contribution in [0.4, 0.5) is 11.7 Å². The maximum absolute atomic E-state index is 12.8. The largest absolute Gasteiger partial charge is 0.497 e. The third kappa shape index (κ3) is 4.62. The van der Waals surface area contributed by atoms with Crippen molar-refractivity contribution >= 4 is 34.9 Å². The van der Waals surface area contributed by atoms with Gasteiger partial charge >= 0.3 is 6.01 Å². The normalized spacial score (nSPS) is 10.5. The summed E-state index contributed by atoms with van der Waals surface area (Å²) in [5, 5.41) is 13.2. The van der Waals surface area contributed by atoms with Crippen LogP contribution in [0.1, 0.15) is 24.9 Å². The van der Waals surface area contributed by atoms with Gasteiger partial charge in [0.1, 0.15) is 5.75 Å². The molecule has 4 rings (SSSR count). The predicted molar refractivity (Wildman–Crippen MR) is 118 cm³/mol. The number of methoxy groups -OCH3 is 1. The van der Waals surface area contributed by atoms with E-state index in [2.05, 4.69) is 20.8 Å². The lowest BCUT2D eigenvalue weighted by atomic mass is 10.1. The Morgan fingerprint density at radius 3 is 2.42 bits per heavy atom. The standard InChI is InChI=1S/C22H18N4O4S/c1-13-7-12-18(31-13)20(28)23-17-6-4-3-5-16(17)19(27)24-22-26-25-21(30-22)14-8-10-15(29-2)11-9-14/h3-12H,1-2H3,(H,23,28)(H,24,26,27). The van der Waals surface area contributed by atoms with Gasteiger partial charge in [0.2, 0.25) is 5.89 Å². The van der Waals surface area contributed by atoms with Crippen molar-refractivity contribution < 1.29 is 18.7 Å². The van der Waals surface area contributed by atoms with Gasteiger partial charge in [0.15, 0.2) is 0 Å². The number of para-hydroxylation sites is 1. The average Bonchev–Trinajstić information content (AvgIpc) is 3.43. The topological polar surface area (TPSA) is 106 Å². The number of nitrogens with one attached hydrogen (secondary N) is 2. The molecule has 0 unspecified atom stereocenters. The molecule has 0 radical (unpaired) electrons. The lowest BCUT2D eigenvalue weighted by Crippen LogP contribution is -2.17. The van der Waals surface area contributed by atoms with Crippen LogP contribution in [0.25, 0.3) is 11.5 Å². The highest BCUT2D eigenvalue weighted by Crippen LogP contribution is 2.24. The van der Waals surface area contributed by atoms with Crippen LogP contribution in [0.15, 0.2) is 65.1 Å². The number of aromatic nitrogens is 2. The van der Waals surface area contributed by atoms with Crippen LogP contribution in [-0.2, 0) is 0 Å². The Balaban J connectivity index is 1.49.